The van der Waals surface area contributed by atoms with Crippen LogP contribution in [-0.2, 0) is 20.8 Å². The summed E-state index contributed by atoms with van der Waals surface area (Å²) >= 11 is 0. The van der Waals surface area contributed by atoms with Crippen molar-refractivity contribution in [3.8, 4) is 5.75 Å². The van der Waals surface area contributed by atoms with Gasteiger partial charge in [0.1, 0.15) is 17.7 Å². The van der Waals surface area contributed by atoms with Crippen LogP contribution in [0.1, 0.15) is 12.0 Å². The molecule has 0 aliphatic carbocycles. The van der Waals surface area contributed by atoms with Crippen LogP contribution in [0.3, 0.4) is 0 Å². The van der Waals surface area contributed by atoms with Crippen LogP contribution in [0.5, 0.6) is 5.75 Å². The Labute approximate surface area is 121 Å². The zero-order valence-electron chi connectivity index (χ0n) is 10.8. The van der Waals surface area contributed by atoms with Gasteiger partial charge in [-0.25, -0.2) is 9.18 Å². The molecular formula is C12H13FNO6P. The minimum atomic E-state index is -1.55. The Morgan fingerprint density at radius 1 is 1.57 bits per heavy atom. The Kier molecular flexibility index (Phi) is 5.03. The molecule has 0 saturated heterocycles. The van der Waals surface area contributed by atoms with E-state index in [9.17, 15) is 19.2 Å². The van der Waals surface area contributed by atoms with E-state index in [2.05, 4.69) is 14.9 Å². The molecule has 0 aromatic heterocycles. The van der Waals surface area contributed by atoms with Crippen LogP contribution in [0, 0.1) is 10.7 Å². The fraction of sp³-hybridized carbons (Fsp3) is 0.417. The van der Waals surface area contributed by atoms with E-state index in [0.717, 1.165) is 0 Å². The van der Waals surface area contributed by atoms with Gasteiger partial charge in [-0.15, -0.1) is 4.91 Å². The van der Waals surface area contributed by atoms with Crippen molar-refractivity contribution in [2.45, 2.75) is 31.1 Å². The SMILES string of the molecule is O=NOC(P)OC(=O)C(O)C1CCc2cc(F)ccc2O1. The molecule has 2 rings (SSSR count). The maximum Gasteiger partial charge on any atom is 0.342 e. The first-order valence-corrected chi connectivity index (χ1v) is 6.75. The highest BCUT2D eigenvalue weighted by atomic mass is 31.0. The number of aliphatic hydroxyl groups excluding tert-OH is 1. The van der Waals surface area contributed by atoms with Crippen molar-refractivity contribution < 1.29 is 28.6 Å². The minimum absolute atomic E-state index is 0.320. The number of carbonyl (C=O) groups is 1. The number of fused-ring (bicyclic) bond motifs is 1. The fourth-order valence-electron chi connectivity index (χ4n) is 2.00. The Morgan fingerprint density at radius 2 is 2.33 bits per heavy atom. The van der Waals surface area contributed by atoms with Crippen molar-refractivity contribution in [1.82, 2.24) is 0 Å². The first-order chi connectivity index (χ1) is 10.0. The highest BCUT2D eigenvalue weighted by Gasteiger charge is 2.33. The van der Waals surface area contributed by atoms with Gasteiger partial charge in [0, 0.05) is 0 Å². The number of hydrogen-bond donors (Lipinski definition) is 1. The summed E-state index contributed by atoms with van der Waals surface area (Å²) in [5.41, 5.74) is 0.671. The van der Waals surface area contributed by atoms with Gasteiger partial charge in [-0.1, -0.05) is 0 Å². The Hall–Kier alpha value is -1.79. The van der Waals surface area contributed by atoms with E-state index >= 15 is 0 Å². The average Bonchev–Trinajstić information content (AvgIpc) is 2.46. The Morgan fingerprint density at radius 3 is 3.05 bits per heavy atom. The van der Waals surface area contributed by atoms with Gasteiger partial charge in [0.2, 0.25) is 0 Å². The van der Waals surface area contributed by atoms with Crippen molar-refractivity contribution in [3.05, 3.63) is 34.5 Å². The Balaban J connectivity index is 1.98. The number of halogens is 1. The highest BCUT2D eigenvalue weighted by Crippen LogP contribution is 2.29. The van der Waals surface area contributed by atoms with Crippen molar-refractivity contribution in [1.29, 1.82) is 0 Å². The number of esters is 1. The second kappa shape index (κ2) is 6.78. The van der Waals surface area contributed by atoms with Crippen LogP contribution in [0.4, 0.5) is 4.39 Å². The smallest absolute Gasteiger partial charge is 0.342 e. The van der Waals surface area contributed by atoms with Crippen LogP contribution in [0.15, 0.2) is 23.5 Å². The number of rotatable bonds is 5. The molecule has 1 aromatic rings. The summed E-state index contributed by atoms with van der Waals surface area (Å²) in [5, 5.41) is 12.0. The van der Waals surface area contributed by atoms with Gasteiger partial charge in [-0.05, 0) is 45.8 Å². The van der Waals surface area contributed by atoms with Crippen LogP contribution >= 0.6 is 9.24 Å². The number of hydrogen-bond acceptors (Lipinski definition) is 7. The van der Waals surface area contributed by atoms with Gasteiger partial charge >= 0.3 is 5.97 Å². The quantitative estimate of drug-likeness (QED) is 0.289. The molecule has 1 N–H and O–H groups in total. The predicted octanol–water partition coefficient (Wildman–Crippen LogP) is 1.28. The second-order valence-electron chi connectivity index (χ2n) is 4.38. The van der Waals surface area contributed by atoms with E-state index < -0.39 is 24.2 Å². The lowest BCUT2D eigenvalue weighted by molar-refractivity contribution is -0.177. The van der Waals surface area contributed by atoms with Gasteiger partial charge in [0.05, 0.1) is 0 Å². The van der Waals surface area contributed by atoms with Gasteiger partial charge in [0.25, 0.3) is 6.03 Å². The Bertz CT molecular complexity index is 542. The molecule has 0 amide bonds. The van der Waals surface area contributed by atoms with E-state index in [4.69, 9.17) is 4.74 Å². The molecule has 0 spiro atoms. The summed E-state index contributed by atoms with van der Waals surface area (Å²) in [6.07, 6.45) is -1.60. The molecule has 0 radical (unpaired) electrons. The molecule has 21 heavy (non-hydrogen) atoms. The molecule has 1 aliphatic rings. The number of aliphatic hydroxyl groups is 1. The van der Waals surface area contributed by atoms with Crippen LogP contribution < -0.4 is 4.74 Å². The van der Waals surface area contributed by atoms with Gasteiger partial charge in [-0.2, -0.15) is 0 Å². The fourth-order valence-corrected chi connectivity index (χ4v) is 2.18. The molecule has 0 fully saturated rings. The van der Waals surface area contributed by atoms with Crippen molar-refractivity contribution in [3.63, 3.8) is 0 Å². The van der Waals surface area contributed by atoms with Crippen molar-refractivity contribution >= 4 is 15.2 Å². The van der Waals surface area contributed by atoms with Crippen molar-refractivity contribution in [2.24, 2.45) is 5.34 Å². The van der Waals surface area contributed by atoms with Crippen LogP contribution in [0.2, 0.25) is 0 Å². The molecule has 4 unspecified atom stereocenters. The highest BCUT2D eigenvalue weighted by molar-refractivity contribution is 7.17. The zero-order chi connectivity index (χ0) is 15.4. The molecule has 114 valence electrons. The molecule has 0 bridgehead atoms. The van der Waals surface area contributed by atoms with Crippen LogP contribution in [0.25, 0.3) is 0 Å². The lowest BCUT2D eigenvalue weighted by Crippen LogP contribution is -2.42. The van der Waals surface area contributed by atoms with Gasteiger partial charge < -0.3 is 19.4 Å². The first kappa shape index (κ1) is 15.6. The third-order valence-corrected chi connectivity index (χ3v) is 3.23. The monoisotopic (exact) mass is 317 g/mol. The number of ether oxygens (including phenoxy) is 2. The predicted molar refractivity (Wildman–Crippen MR) is 71.6 cm³/mol. The van der Waals surface area contributed by atoms with E-state index in [0.29, 0.717) is 24.2 Å². The molecule has 4 atom stereocenters. The summed E-state index contributed by atoms with van der Waals surface area (Å²) in [6.45, 7) is 0. The molecule has 1 heterocycles. The summed E-state index contributed by atoms with van der Waals surface area (Å²) in [7, 11) is 1.92. The average molecular weight is 317 g/mol. The summed E-state index contributed by atoms with van der Waals surface area (Å²) in [6, 6.07) is 2.73. The van der Waals surface area contributed by atoms with E-state index in [1.807, 2.05) is 9.24 Å². The van der Waals surface area contributed by atoms with Gasteiger partial charge in [0.15, 0.2) is 11.4 Å². The largest absolute Gasteiger partial charge is 0.487 e. The number of aryl methyl sites for hydroxylation is 1. The van der Waals surface area contributed by atoms with Gasteiger partial charge in [-0.3, -0.25) is 0 Å². The maximum absolute atomic E-state index is 13.1. The zero-order valence-corrected chi connectivity index (χ0v) is 11.9. The lowest BCUT2D eigenvalue weighted by atomic mass is 9.99. The summed E-state index contributed by atoms with van der Waals surface area (Å²) in [5.74, 6) is -0.970. The lowest BCUT2D eigenvalue weighted by Gasteiger charge is -2.28. The van der Waals surface area contributed by atoms with E-state index in [1.165, 1.54) is 18.2 Å². The number of nitrogens with zero attached hydrogens (tertiary/aromatic N) is 1. The third kappa shape index (κ3) is 3.86. The van der Waals surface area contributed by atoms with E-state index in [-0.39, 0.29) is 5.82 Å². The van der Waals surface area contributed by atoms with Crippen molar-refractivity contribution in [2.75, 3.05) is 0 Å². The third-order valence-electron chi connectivity index (χ3n) is 2.97. The normalized spacial score (nSPS) is 19.7. The standard InChI is InChI=1S/C12H13FNO6P/c13-7-2-4-8-6(5-7)1-3-9(18-8)10(15)11(16)19-12(21)20-14-17/h2,4-5,9-10,12,15H,1,3,21H2. The topological polar surface area (TPSA) is 94.4 Å². The first-order valence-electron chi connectivity index (χ1n) is 6.09. The molecule has 1 aromatic carbocycles. The molecular weight excluding hydrogens is 304 g/mol. The summed E-state index contributed by atoms with van der Waals surface area (Å²) in [4.78, 5) is 25.6. The van der Waals surface area contributed by atoms with Crippen LogP contribution in [-0.4, -0.2) is 29.3 Å². The second-order valence-corrected chi connectivity index (χ2v) is 4.92. The molecule has 9 heteroatoms. The molecule has 7 nitrogen and oxygen atoms in total. The minimum Gasteiger partial charge on any atom is -0.487 e. The molecule has 0 saturated carbocycles. The summed E-state index contributed by atoms with van der Waals surface area (Å²) < 4.78 is 23.2. The maximum atomic E-state index is 13.1. The van der Waals surface area contributed by atoms with E-state index in [1.54, 1.807) is 0 Å². The molecule has 1 aliphatic heterocycles. The number of benzene rings is 1. The number of carbonyl (C=O) groups excluding carboxylic acids is 1.